The summed E-state index contributed by atoms with van der Waals surface area (Å²) in [6.07, 6.45) is 0. The zero-order valence-corrected chi connectivity index (χ0v) is 15.0. The summed E-state index contributed by atoms with van der Waals surface area (Å²) >= 11 is 0. The van der Waals surface area contributed by atoms with Crippen molar-refractivity contribution in [1.29, 1.82) is 0 Å². The van der Waals surface area contributed by atoms with E-state index in [-0.39, 0.29) is 16.9 Å². The lowest BCUT2D eigenvalue weighted by Crippen LogP contribution is -2.49. The van der Waals surface area contributed by atoms with Crippen molar-refractivity contribution >= 4 is 23.0 Å². The third-order valence-corrected chi connectivity index (χ3v) is 4.76. The van der Waals surface area contributed by atoms with E-state index in [1.54, 1.807) is 12.1 Å². The molecule has 1 saturated heterocycles. The lowest BCUT2D eigenvalue weighted by atomic mass is 10.0. The molecule has 2 aromatic rings. The van der Waals surface area contributed by atoms with Crippen molar-refractivity contribution in [2.75, 3.05) is 31.1 Å². The van der Waals surface area contributed by atoms with Gasteiger partial charge in [0.05, 0.1) is 21.5 Å². The Morgan fingerprint density at radius 3 is 2.14 bits per heavy atom. The first-order valence-corrected chi connectivity index (χ1v) is 8.51. The summed E-state index contributed by atoms with van der Waals surface area (Å²) in [7, 11) is 0. The van der Waals surface area contributed by atoms with Gasteiger partial charge in [0, 0.05) is 43.5 Å². The highest BCUT2D eigenvalue weighted by atomic mass is 19.1. The van der Waals surface area contributed by atoms with E-state index in [1.807, 2.05) is 4.90 Å². The third kappa shape index (κ3) is 3.75. The lowest BCUT2D eigenvalue weighted by molar-refractivity contribution is -0.394. The minimum atomic E-state index is -0.754. The number of nitrogens with zero attached hydrogens (tertiary/aromatic N) is 4. The molecule has 1 amide bonds. The van der Waals surface area contributed by atoms with E-state index in [1.165, 1.54) is 24.0 Å². The number of anilines is 1. The Hall–Kier alpha value is -3.56. The van der Waals surface area contributed by atoms with Crippen LogP contribution in [-0.4, -0.2) is 46.8 Å². The molecule has 10 heteroatoms. The van der Waals surface area contributed by atoms with E-state index in [0.717, 1.165) is 17.8 Å². The maximum absolute atomic E-state index is 13.1. The standard InChI is InChI=1S/C18H17FN4O5/c1-12-16(10-15(22(25)26)11-17(12)23(27)28)18(24)21-8-6-20(7-9-21)14-4-2-13(19)3-5-14/h2-5,10-11H,6-9H2,1H3. The number of hydrogen-bond donors (Lipinski definition) is 0. The van der Waals surface area contributed by atoms with Gasteiger partial charge >= 0.3 is 0 Å². The molecule has 0 aromatic heterocycles. The van der Waals surface area contributed by atoms with Crippen molar-refractivity contribution in [3.8, 4) is 0 Å². The minimum absolute atomic E-state index is 0.0452. The molecule has 0 spiro atoms. The molecule has 3 rings (SSSR count). The highest BCUT2D eigenvalue weighted by molar-refractivity contribution is 5.97. The number of non-ortho nitro benzene ring substituents is 1. The Balaban J connectivity index is 1.80. The number of nitro groups is 2. The van der Waals surface area contributed by atoms with Crippen LogP contribution in [0.2, 0.25) is 0 Å². The summed E-state index contributed by atoms with van der Waals surface area (Å²) < 4.78 is 13.1. The maximum Gasteiger partial charge on any atom is 0.279 e. The van der Waals surface area contributed by atoms with Crippen LogP contribution in [0.15, 0.2) is 36.4 Å². The zero-order valence-electron chi connectivity index (χ0n) is 15.0. The minimum Gasteiger partial charge on any atom is -0.368 e. The van der Waals surface area contributed by atoms with Gasteiger partial charge in [-0.1, -0.05) is 0 Å². The van der Waals surface area contributed by atoms with Gasteiger partial charge in [0.1, 0.15) is 5.82 Å². The number of benzene rings is 2. The molecular formula is C18H17FN4O5. The van der Waals surface area contributed by atoms with Gasteiger partial charge in [-0.2, -0.15) is 0 Å². The molecule has 28 heavy (non-hydrogen) atoms. The molecule has 0 bridgehead atoms. The molecule has 1 aliphatic rings. The van der Waals surface area contributed by atoms with Gasteiger partial charge < -0.3 is 9.80 Å². The van der Waals surface area contributed by atoms with Crippen molar-refractivity contribution in [1.82, 2.24) is 4.90 Å². The number of halogens is 1. The van der Waals surface area contributed by atoms with Crippen LogP contribution in [0.5, 0.6) is 0 Å². The second kappa shape index (κ2) is 7.59. The summed E-state index contributed by atoms with van der Waals surface area (Å²) in [6, 6.07) is 7.97. The van der Waals surface area contributed by atoms with Gasteiger partial charge in [-0.05, 0) is 31.2 Å². The second-order valence-electron chi connectivity index (χ2n) is 6.41. The SMILES string of the molecule is Cc1c(C(=O)N2CCN(c3ccc(F)cc3)CC2)cc([N+](=O)[O-])cc1[N+](=O)[O-]. The maximum atomic E-state index is 13.1. The van der Waals surface area contributed by atoms with Gasteiger partial charge in [-0.15, -0.1) is 0 Å². The van der Waals surface area contributed by atoms with Gasteiger partial charge in [0.2, 0.25) is 0 Å². The molecule has 2 aromatic carbocycles. The number of nitro benzene ring substituents is 2. The van der Waals surface area contributed by atoms with Crippen molar-refractivity contribution in [3.05, 3.63) is 73.6 Å². The molecular weight excluding hydrogens is 371 g/mol. The van der Waals surface area contributed by atoms with Crippen LogP contribution in [0.4, 0.5) is 21.5 Å². The predicted octanol–water partition coefficient (Wildman–Crippen LogP) is 2.91. The molecule has 1 heterocycles. The molecule has 0 aliphatic carbocycles. The number of carbonyl (C=O) groups is 1. The number of rotatable bonds is 4. The average Bonchev–Trinajstić information content (AvgIpc) is 2.68. The normalized spacial score (nSPS) is 14.1. The zero-order chi connectivity index (χ0) is 20.4. The van der Waals surface area contributed by atoms with E-state index in [9.17, 15) is 29.4 Å². The molecule has 146 valence electrons. The Kier molecular flexibility index (Phi) is 5.21. The van der Waals surface area contributed by atoms with Gasteiger partial charge in [-0.3, -0.25) is 25.0 Å². The fraction of sp³-hybridized carbons (Fsp3) is 0.278. The molecule has 0 unspecified atom stereocenters. The number of carbonyl (C=O) groups excluding carboxylic acids is 1. The summed E-state index contributed by atoms with van der Waals surface area (Å²) in [4.78, 5) is 37.2. The number of amides is 1. The van der Waals surface area contributed by atoms with E-state index in [4.69, 9.17) is 0 Å². The first-order valence-electron chi connectivity index (χ1n) is 8.51. The second-order valence-corrected chi connectivity index (χ2v) is 6.41. The fourth-order valence-corrected chi connectivity index (χ4v) is 3.19. The molecule has 0 N–H and O–H groups in total. The number of piperazine rings is 1. The molecule has 1 aliphatic heterocycles. The van der Waals surface area contributed by atoms with Crippen LogP contribution in [0.3, 0.4) is 0 Å². The largest absolute Gasteiger partial charge is 0.368 e. The molecule has 1 fully saturated rings. The predicted molar refractivity (Wildman–Crippen MR) is 99.0 cm³/mol. The Bertz CT molecular complexity index is 940. The number of hydrogen-bond acceptors (Lipinski definition) is 6. The molecule has 0 radical (unpaired) electrons. The average molecular weight is 388 g/mol. The van der Waals surface area contributed by atoms with Crippen LogP contribution in [0, 0.1) is 33.0 Å². The van der Waals surface area contributed by atoms with E-state index >= 15 is 0 Å². The van der Waals surface area contributed by atoms with Gasteiger partial charge in [-0.25, -0.2) is 4.39 Å². The molecule has 0 atom stereocenters. The van der Waals surface area contributed by atoms with Crippen molar-refractivity contribution in [2.24, 2.45) is 0 Å². The first kappa shape index (κ1) is 19.2. The Morgan fingerprint density at radius 2 is 1.61 bits per heavy atom. The summed E-state index contributed by atoms with van der Waals surface area (Å²) in [6.45, 7) is 3.07. The molecule has 9 nitrogen and oxygen atoms in total. The van der Waals surface area contributed by atoms with Crippen LogP contribution in [0.1, 0.15) is 15.9 Å². The van der Waals surface area contributed by atoms with Gasteiger partial charge in [0.25, 0.3) is 17.3 Å². The Labute approximate surface area is 159 Å². The van der Waals surface area contributed by atoms with Crippen LogP contribution in [-0.2, 0) is 0 Å². The van der Waals surface area contributed by atoms with Gasteiger partial charge in [0.15, 0.2) is 0 Å². The van der Waals surface area contributed by atoms with E-state index < -0.39 is 27.1 Å². The van der Waals surface area contributed by atoms with Crippen LogP contribution >= 0.6 is 0 Å². The summed E-state index contributed by atoms with van der Waals surface area (Å²) in [5, 5.41) is 22.3. The van der Waals surface area contributed by atoms with Crippen molar-refractivity contribution in [3.63, 3.8) is 0 Å². The van der Waals surface area contributed by atoms with Crippen LogP contribution in [0.25, 0.3) is 0 Å². The van der Waals surface area contributed by atoms with Crippen molar-refractivity contribution in [2.45, 2.75) is 6.92 Å². The summed E-state index contributed by atoms with van der Waals surface area (Å²) in [5.41, 5.74) is -0.0681. The van der Waals surface area contributed by atoms with E-state index in [2.05, 4.69) is 0 Å². The van der Waals surface area contributed by atoms with E-state index in [0.29, 0.717) is 26.2 Å². The smallest absolute Gasteiger partial charge is 0.279 e. The monoisotopic (exact) mass is 388 g/mol. The fourth-order valence-electron chi connectivity index (χ4n) is 3.19. The molecule has 0 saturated carbocycles. The third-order valence-electron chi connectivity index (χ3n) is 4.76. The first-order chi connectivity index (χ1) is 13.3. The Morgan fingerprint density at radius 1 is 1.00 bits per heavy atom. The highest BCUT2D eigenvalue weighted by Crippen LogP contribution is 2.29. The highest BCUT2D eigenvalue weighted by Gasteiger charge is 2.29. The van der Waals surface area contributed by atoms with Crippen molar-refractivity contribution < 1.29 is 19.0 Å². The topological polar surface area (TPSA) is 110 Å². The quantitative estimate of drug-likeness (QED) is 0.588. The summed E-state index contributed by atoms with van der Waals surface area (Å²) in [5.74, 6) is -0.816. The van der Waals surface area contributed by atoms with Crippen LogP contribution < -0.4 is 4.90 Å². The lowest BCUT2D eigenvalue weighted by Gasteiger charge is -2.36.